The van der Waals surface area contributed by atoms with Gasteiger partial charge in [0.2, 0.25) is 18.1 Å². The number of rotatable bonds is 4. The van der Waals surface area contributed by atoms with E-state index in [-0.39, 0.29) is 11.9 Å². The molecule has 0 unspecified atom stereocenters. The van der Waals surface area contributed by atoms with Crippen molar-refractivity contribution in [2.75, 3.05) is 5.32 Å². The monoisotopic (exact) mass is 223 g/mol. The molecule has 2 rings (SSSR count). The van der Waals surface area contributed by atoms with Crippen molar-refractivity contribution in [1.82, 2.24) is 9.97 Å². The molecule has 0 aliphatic heterocycles. The number of carbonyl (C=O) groups is 1. The van der Waals surface area contributed by atoms with Crippen molar-refractivity contribution in [3.63, 3.8) is 0 Å². The van der Waals surface area contributed by atoms with Crippen molar-refractivity contribution < 1.29 is 9.53 Å². The van der Waals surface area contributed by atoms with E-state index in [1.165, 1.54) is 6.20 Å². The third-order valence-electron chi connectivity index (χ3n) is 2.55. The number of nitrogens with one attached hydrogen (secondary N) is 2. The van der Waals surface area contributed by atoms with Gasteiger partial charge in [-0.2, -0.15) is 4.98 Å². The van der Waals surface area contributed by atoms with E-state index in [0.717, 1.165) is 25.7 Å². The van der Waals surface area contributed by atoms with Gasteiger partial charge in [0.1, 0.15) is 6.10 Å². The zero-order valence-electron chi connectivity index (χ0n) is 8.73. The Labute approximate surface area is 92.0 Å². The van der Waals surface area contributed by atoms with Crippen LogP contribution in [0.15, 0.2) is 11.0 Å². The molecule has 0 aromatic carbocycles. The summed E-state index contributed by atoms with van der Waals surface area (Å²) in [5.41, 5.74) is -0.439. The number of carbonyl (C=O) groups excluding carboxylic acids is 1. The lowest BCUT2D eigenvalue weighted by atomic mass is 10.3. The molecule has 1 fully saturated rings. The molecule has 0 spiro atoms. The molecule has 6 nitrogen and oxygen atoms in total. The molecule has 1 aromatic rings. The lowest BCUT2D eigenvalue weighted by Crippen LogP contribution is -2.18. The van der Waals surface area contributed by atoms with Crippen molar-refractivity contribution >= 4 is 12.2 Å². The molecular weight excluding hydrogens is 210 g/mol. The van der Waals surface area contributed by atoms with Gasteiger partial charge in [-0.1, -0.05) is 0 Å². The highest BCUT2D eigenvalue weighted by Crippen LogP contribution is 2.22. The van der Waals surface area contributed by atoms with Gasteiger partial charge in [0.15, 0.2) is 0 Å². The summed E-state index contributed by atoms with van der Waals surface area (Å²) < 4.78 is 5.58. The number of hydrogen-bond donors (Lipinski definition) is 2. The summed E-state index contributed by atoms with van der Waals surface area (Å²) in [5.74, 6) is 0.307. The molecule has 16 heavy (non-hydrogen) atoms. The van der Waals surface area contributed by atoms with Crippen LogP contribution in [0.25, 0.3) is 0 Å². The fourth-order valence-corrected chi connectivity index (χ4v) is 1.78. The summed E-state index contributed by atoms with van der Waals surface area (Å²) in [6, 6.07) is 0. The third-order valence-corrected chi connectivity index (χ3v) is 2.55. The molecule has 0 saturated heterocycles. The van der Waals surface area contributed by atoms with Crippen LogP contribution in [-0.4, -0.2) is 22.5 Å². The van der Waals surface area contributed by atoms with Gasteiger partial charge in [0.05, 0.1) is 6.20 Å². The summed E-state index contributed by atoms with van der Waals surface area (Å²) in [6.45, 7) is 0. The maximum Gasteiger partial charge on any atom is 0.291 e. The van der Waals surface area contributed by atoms with Crippen LogP contribution in [0.1, 0.15) is 25.7 Å². The molecule has 1 heterocycles. The summed E-state index contributed by atoms with van der Waals surface area (Å²) >= 11 is 0. The van der Waals surface area contributed by atoms with E-state index in [4.69, 9.17) is 4.74 Å². The number of anilines is 1. The number of aromatic nitrogens is 2. The molecule has 1 aliphatic rings. The van der Waals surface area contributed by atoms with Gasteiger partial charge >= 0.3 is 0 Å². The first-order valence-electron chi connectivity index (χ1n) is 5.26. The Balaban J connectivity index is 2.11. The van der Waals surface area contributed by atoms with E-state index in [9.17, 15) is 9.59 Å². The molecule has 1 aliphatic carbocycles. The number of amides is 1. The Morgan fingerprint density at radius 1 is 1.50 bits per heavy atom. The molecule has 0 atom stereocenters. The smallest absolute Gasteiger partial charge is 0.291 e. The maximum absolute atomic E-state index is 11.2. The van der Waals surface area contributed by atoms with Gasteiger partial charge in [-0.15, -0.1) is 0 Å². The van der Waals surface area contributed by atoms with E-state index in [2.05, 4.69) is 15.3 Å². The quantitative estimate of drug-likeness (QED) is 0.734. The summed E-state index contributed by atoms with van der Waals surface area (Å²) in [4.78, 5) is 27.8. The van der Waals surface area contributed by atoms with Crippen molar-refractivity contribution in [1.29, 1.82) is 0 Å². The average molecular weight is 223 g/mol. The van der Waals surface area contributed by atoms with Gasteiger partial charge in [0.25, 0.3) is 5.56 Å². The molecule has 2 N–H and O–H groups in total. The first-order chi connectivity index (χ1) is 7.79. The van der Waals surface area contributed by atoms with Gasteiger partial charge in [-0.05, 0) is 25.7 Å². The van der Waals surface area contributed by atoms with Gasteiger partial charge in [0, 0.05) is 0 Å². The largest absolute Gasteiger partial charge is 0.473 e. The van der Waals surface area contributed by atoms with Crippen molar-refractivity contribution in [2.45, 2.75) is 31.8 Å². The van der Waals surface area contributed by atoms with Gasteiger partial charge in [-0.3, -0.25) is 9.59 Å². The van der Waals surface area contributed by atoms with Gasteiger partial charge in [-0.25, -0.2) is 0 Å². The molecule has 0 bridgehead atoms. The highest BCUT2D eigenvalue weighted by molar-refractivity contribution is 5.68. The second kappa shape index (κ2) is 4.78. The zero-order chi connectivity index (χ0) is 11.4. The fourth-order valence-electron chi connectivity index (χ4n) is 1.78. The number of ether oxygens (including phenoxy) is 1. The Morgan fingerprint density at radius 2 is 2.25 bits per heavy atom. The standard InChI is InChI=1S/C10H13N3O3/c14-6-12-9-10(15)11-5-8(13-9)16-7-3-1-2-4-7/h5-7H,1-4H2,(H,11,15)(H,12,13,14). The average Bonchev–Trinajstić information content (AvgIpc) is 2.76. The van der Waals surface area contributed by atoms with Crippen molar-refractivity contribution in [2.24, 2.45) is 0 Å². The molecule has 1 aromatic heterocycles. The molecule has 0 radical (unpaired) electrons. The van der Waals surface area contributed by atoms with E-state index in [1.807, 2.05) is 0 Å². The maximum atomic E-state index is 11.2. The molecule has 6 heteroatoms. The Kier molecular flexibility index (Phi) is 3.19. The van der Waals surface area contributed by atoms with Crippen LogP contribution in [-0.2, 0) is 4.79 Å². The number of aromatic amines is 1. The summed E-state index contributed by atoms with van der Waals surface area (Å²) in [6.07, 6.45) is 6.34. The van der Waals surface area contributed by atoms with Gasteiger partial charge < -0.3 is 15.0 Å². The van der Waals surface area contributed by atoms with E-state index < -0.39 is 5.56 Å². The van der Waals surface area contributed by atoms with E-state index >= 15 is 0 Å². The lowest BCUT2D eigenvalue weighted by Gasteiger charge is -2.11. The highest BCUT2D eigenvalue weighted by atomic mass is 16.5. The number of nitrogens with zero attached hydrogens (tertiary/aromatic N) is 1. The minimum Gasteiger partial charge on any atom is -0.473 e. The summed E-state index contributed by atoms with van der Waals surface area (Å²) in [5, 5.41) is 2.23. The predicted octanol–water partition coefficient (Wildman–Crippen LogP) is 0.660. The second-order valence-corrected chi connectivity index (χ2v) is 3.70. The zero-order valence-corrected chi connectivity index (χ0v) is 8.73. The third kappa shape index (κ3) is 2.39. The van der Waals surface area contributed by atoms with Crippen LogP contribution in [0, 0.1) is 0 Å². The van der Waals surface area contributed by atoms with Crippen LogP contribution in [0.4, 0.5) is 5.82 Å². The van der Waals surface area contributed by atoms with Crippen LogP contribution in [0.2, 0.25) is 0 Å². The minimum atomic E-state index is -0.439. The molecule has 86 valence electrons. The Bertz CT molecular complexity index is 424. The van der Waals surface area contributed by atoms with Crippen molar-refractivity contribution in [3.8, 4) is 5.88 Å². The molecule has 1 amide bonds. The first-order valence-corrected chi connectivity index (χ1v) is 5.26. The predicted molar refractivity (Wildman–Crippen MR) is 57.4 cm³/mol. The van der Waals surface area contributed by atoms with Crippen LogP contribution in [0.5, 0.6) is 5.88 Å². The molecular formula is C10H13N3O3. The normalized spacial score (nSPS) is 16.0. The summed E-state index contributed by atoms with van der Waals surface area (Å²) in [7, 11) is 0. The van der Waals surface area contributed by atoms with E-state index in [1.54, 1.807) is 0 Å². The number of hydrogen-bond acceptors (Lipinski definition) is 4. The minimum absolute atomic E-state index is 0.0366. The fraction of sp³-hybridized carbons (Fsp3) is 0.500. The topological polar surface area (TPSA) is 84.1 Å². The van der Waals surface area contributed by atoms with E-state index in [0.29, 0.717) is 12.3 Å². The second-order valence-electron chi connectivity index (χ2n) is 3.70. The van der Waals surface area contributed by atoms with Crippen LogP contribution in [0.3, 0.4) is 0 Å². The highest BCUT2D eigenvalue weighted by Gasteiger charge is 2.17. The van der Waals surface area contributed by atoms with Crippen molar-refractivity contribution in [3.05, 3.63) is 16.6 Å². The van der Waals surface area contributed by atoms with Crippen LogP contribution >= 0.6 is 0 Å². The lowest BCUT2D eigenvalue weighted by molar-refractivity contribution is -0.105. The SMILES string of the molecule is O=CNc1nc(OC2CCCC2)c[nH]c1=O. The van der Waals surface area contributed by atoms with Crippen LogP contribution < -0.4 is 15.6 Å². The Hall–Kier alpha value is -1.85. The first kappa shape index (κ1) is 10.7. The number of H-pyrrole nitrogens is 1. The molecule has 1 saturated carbocycles. The Morgan fingerprint density at radius 3 is 2.94 bits per heavy atom.